The highest BCUT2D eigenvalue weighted by molar-refractivity contribution is 6.30. The number of halogens is 1. The van der Waals surface area contributed by atoms with Crippen LogP contribution in [0.3, 0.4) is 0 Å². The Hall–Kier alpha value is -1.55. The molecule has 1 heterocycles. The Balaban J connectivity index is 1.56. The van der Waals surface area contributed by atoms with Gasteiger partial charge < -0.3 is 10.2 Å². The second kappa shape index (κ2) is 7.35. The third kappa shape index (κ3) is 4.05. The first-order valence-corrected chi connectivity index (χ1v) is 8.44. The summed E-state index contributed by atoms with van der Waals surface area (Å²) in [5, 5.41) is 21.1. The molecule has 23 heavy (non-hydrogen) atoms. The number of benzene rings is 2. The number of aliphatic hydroxyl groups excluding tert-OH is 1. The summed E-state index contributed by atoms with van der Waals surface area (Å²) in [5.74, 6) is 0.632. The van der Waals surface area contributed by atoms with Crippen LogP contribution in [0.2, 0.25) is 5.02 Å². The van der Waals surface area contributed by atoms with Gasteiger partial charge in [-0.2, -0.15) is 0 Å². The van der Waals surface area contributed by atoms with Gasteiger partial charge in [0.05, 0.1) is 6.10 Å². The van der Waals surface area contributed by atoms with E-state index in [-0.39, 0.29) is 5.92 Å². The number of piperidine rings is 1. The Morgan fingerprint density at radius 3 is 2.35 bits per heavy atom. The van der Waals surface area contributed by atoms with E-state index in [1.165, 1.54) is 0 Å². The molecule has 2 aromatic carbocycles. The van der Waals surface area contributed by atoms with Gasteiger partial charge in [-0.05, 0) is 55.6 Å². The Morgan fingerprint density at radius 2 is 1.70 bits per heavy atom. The second-order valence-electron chi connectivity index (χ2n) is 6.24. The van der Waals surface area contributed by atoms with E-state index in [1.54, 1.807) is 6.07 Å². The molecule has 2 aromatic rings. The van der Waals surface area contributed by atoms with Gasteiger partial charge in [-0.15, -0.1) is 0 Å². The predicted octanol–water partition coefficient (Wildman–Crippen LogP) is 3.99. The van der Waals surface area contributed by atoms with Crippen molar-refractivity contribution in [1.82, 2.24) is 4.90 Å². The Bertz CT molecular complexity index is 636. The number of para-hydroxylation sites is 1. The highest BCUT2D eigenvalue weighted by Crippen LogP contribution is 2.32. The summed E-state index contributed by atoms with van der Waals surface area (Å²) < 4.78 is 0. The maximum Gasteiger partial charge on any atom is 0.120 e. The number of aromatic hydroxyl groups is 1. The molecule has 122 valence electrons. The van der Waals surface area contributed by atoms with E-state index >= 15 is 0 Å². The lowest BCUT2D eigenvalue weighted by molar-refractivity contribution is 0.0565. The van der Waals surface area contributed by atoms with E-state index in [1.807, 2.05) is 42.5 Å². The molecule has 1 aliphatic heterocycles. The second-order valence-corrected chi connectivity index (χ2v) is 6.68. The molecule has 1 saturated heterocycles. The minimum Gasteiger partial charge on any atom is -0.508 e. The van der Waals surface area contributed by atoms with E-state index in [2.05, 4.69) is 4.90 Å². The summed E-state index contributed by atoms with van der Waals surface area (Å²) in [4.78, 5) is 2.33. The molecule has 0 saturated carbocycles. The van der Waals surface area contributed by atoms with Crippen molar-refractivity contribution in [3.05, 3.63) is 64.7 Å². The fourth-order valence-corrected chi connectivity index (χ4v) is 3.37. The van der Waals surface area contributed by atoms with Gasteiger partial charge in [0.15, 0.2) is 0 Å². The topological polar surface area (TPSA) is 43.7 Å². The average molecular weight is 332 g/mol. The first kappa shape index (κ1) is 16.3. The molecule has 4 heteroatoms. The van der Waals surface area contributed by atoms with Crippen LogP contribution in [0.25, 0.3) is 0 Å². The number of hydrogen-bond donors (Lipinski definition) is 2. The summed E-state index contributed by atoms with van der Waals surface area (Å²) in [6, 6.07) is 14.9. The number of aliphatic hydroxyl groups is 1. The smallest absolute Gasteiger partial charge is 0.120 e. The monoisotopic (exact) mass is 331 g/mol. The summed E-state index contributed by atoms with van der Waals surface area (Å²) in [5.41, 5.74) is 1.90. The van der Waals surface area contributed by atoms with Gasteiger partial charge >= 0.3 is 0 Å². The molecule has 1 unspecified atom stereocenters. The van der Waals surface area contributed by atoms with Crippen molar-refractivity contribution in [2.75, 3.05) is 13.1 Å². The lowest BCUT2D eigenvalue weighted by Gasteiger charge is -2.34. The van der Waals surface area contributed by atoms with Crippen LogP contribution < -0.4 is 0 Å². The molecule has 0 spiro atoms. The zero-order valence-corrected chi connectivity index (χ0v) is 13.8. The number of phenolic OH excluding ortho intramolecular Hbond substituents is 1. The predicted molar refractivity (Wildman–Crippen MR) is 92.5 cm³/mol. The van der Waals surface area contributed by atoms with Gasteiger partial charge in [0, 0.05) is 17.1 Å². The van der Waals surface area contributed by atoms with Crippen LogP contribution in [0.1, 0.15) is 30.1 Å². The van der Waals surface area contributed by atoms with Crippen molar-refractivity contribution in [1.29, 1.82) is 0 Å². The molecular weight excluding hydrogens is 310 g/mol. The minimum absolute atomic E-state index is 0.275. The van der Waals surface area contributed by atoms with E-state index in [9.17, 15) is 10.2 Å². The number of likely N-dealkylation sites (tertiary alicyclic amines) is 1. The van der Waals surface area contributed by atoms with Gasteiger partial charge in [-0.1, -0.05) is 41.9 Å². The third-order valence-corrected chi connectivity index (χ3v) is 4.93. The van der Waals surface area contributed by atoms with E-state index in [4.69, 9.17) is 11.6 Å². The van der Waals surface area contributed by atoms with Crippen LogP contribution in [-0.2, 0) is 6.54 Å². The standard InChI is InChI=1S/C19H22ClNO2/c20-17-7-5-14(6-8-17)19(23)15-9-11-21(12-10-15)13-16-3-1-2-4-18(16)22/h1-8,15,19,22-23H,9-13H2. The van der Waals surface area contributed by atoms with Crippen LogP contribution in [-0.4, -0.2) is 28.2 Å². The fourth-order valence-electron chi connectivity index (χ4n) is 3.24. The first-order valence-electron chi connectivity index (χ1n) is 8.06. The van der Waals surface area contributed by atoms with Gasteiger partial charge in [0.25, 0.3) is 0 Å². The van der Waals surface area contributed by atoms with E-state index in [0.717, 1.165) is 43.6 Å². The lowest BCUT2D eigenvalue weighted by atomic mass is 9.87. The number of hydrogen-bond acceptors (Lipinski definition) is 3. The Labute approximate surface area is 142 Å². The molecule has 0 aromatic heterocycles. The number of nitrogens with zero attached hydrogens (tertiary/aromatic N) is 1. The zero-order valence-electron chi connectivity index (χ0n) is 13.0. The molecule has 3 nitrogen and oxygen atoms in total. The molecule has 0 amide bonds. The van der Waals surface area contributed by atoms with Gasteiger partial charge in [0.1, 0.15) is 5.75 Å². The molecule has 1 aliphatic rings. The molecule has 1 fully saturated rings. The first-order chi connectivity index (χ1) is 11.1. The van der Waals surface area contributed by atoms with Crippen LogP contribution in [0, 0.1) is 5.92 Å². The largest absolute Gasteiger partial charge is 0.508 e. The van der Waals surface area contributed by atoms with Crippen molar-refractivity contribution < 1.29 is 10.2 Å². The molecular formula is C19H22ClNO2. The van der Waals surface area contributed by atoms with Crippen molar-refractivity contribution in [3.63, 3.8) is 0 Å². The molecule has 0 bridgehead atoms. The van der Waals surface area contributed by atoms with Crippen LogP contribution in [0.4, 0.5) is 0 Å². The Kier molecular flexibility index (Phi) is 5.21. The van der Waals surface area contributed by atoms with Crippen LogP contribution in [0.15, 0.2) is 48.5 Å². The highest BCUT2D eigenvalue weighted by Gasteiger charge is 2.26. The minimum atomic E-state index is -0.431. The molecule has 1 atom stereocenters. The summed E-state index contributed by atoms with van der Waals surface area (Å²) in [7, 11) is 0. The third-order valence-electron chi connectivity index (χ3n) is 4.68. The number of phenols is 1. The maximum atomic E-state index is 10.6. The Morgan fingerprint density at radius 1 is 1.04 bits per heavy atom. The quantitative estimate of drug-likeness (QED) is 0.890. The SMILES string of the molecule is Oc1ccccc1CN1CCC(C(O)c2ccc(Cl)cc2)CC1. The van der Waals surface area contributed by atoms with Gasteiger partial charge in [-0.25, -0.2) is 0 Å². The molecule has 0 radical (unpaired) electrons. The summed E-state index contributed by atoms with van der Waals surface area (Å²) in [6.45, 7) is 2.63. The molecule has 3 rings (SSSR count). The highest BCUT2D eigenvalue weighted by atomic mass is 35.5. The van der Waals surface area contributed by atoms with Crippen LogP contribution >= 0.6 is 11.6 Å². The lowest BCUT2D eigenvalue weighted by Crippen LogP contribution is -2.35. The summed E-state index contributed by atoms with van der Waals surface area (Å²) in [6.07, 6.45) is 1.48. The molecule has 0 aliphatic carbocycles. The maximum absolute atomic E-state index is 10.6. The van der Waals surface area contributed by atoms with E-state index < -0.39 is 6.10 Å². The van der Waals surface area contributed by atoms with Crippen molar-refractivity contribution in [2.24, 2.45) is 5.92 Å². The van der Waals surface area contributed by atoms with Crippen molar-refractivity contribution in [2.45, 2.75) is 25.5 Å². The van der Waals surface area contributed by atoms with E-state index in [0.29, 0.717) is 10.8 Å². The van der Waals surface area contributed by atoms with Crippen molar-refractivity contribution in [3.8, 4) is 5.75 Å². The normalized spacial score (nSPS) is 18.0. The summed E-state index contributed by atoms with van der Waals surface area (Å²) >= 11 is 5.90. The van der Waals surface area contributed by atoms with Gasteiger partial charge in [-0.3, -0.25) is 4.90 Å². The van der Waals surface area contributed by atoms with Gasteiger partial charge in [0.2, 0.25) is 0 Å². The molecule has 2 N–H and O–H groups in total. The fraction of sp³-hybridized carbons (Fsp3) is 0.368. The zero-order chi connectivity index (χ0) is 16.2. The average Bonchev–Trinajstić information content (AvgIpc) is 2.58. The van der Waals surface area contributed by atoms with Crippen LogP contribution in [0.5, 0.6) is 5.75 Å². The van der Waals surface area contributed by atoms with Crippen molar-refractivity contribution >= 4 is 11.6 Å². The number of rotatable bonds is 4.